The number of aromatic nitrogens is 1. The van der Waals surface area contributed by atoms with E-state index in [1.165, 1.54) is 16.7 Å². The summed E-state index contributed by atoms with van der Waals surface area (Å²) in [5.41, 5.74) is 0.710. The molecule has 0 radical (unpaired) electrons. The van der Waals surface area contributed by atoms with Crippen LogP contribution in [0.4, 0.5) is 5.69 Å². The Labute approximate surface area is 133 Å². The van der Waals surface area contributed by atoms with E-state index >= 15 is 0 Å². The van der Waals surface area contributed by atoms with E-state index in [1.54, 1.807) is 43.7 Å². The highest BCUT2D eigenvalue weighted by Gasteiger charge is 2.30. The van der Waals surface area contributed by atoms with Crippen molar-refractivity contribution in [3.63, 3.8) is 0 Å². The zero-order chi connectivity index (χ0) is 14.8. The molecule has 0 aromatic carbocycles. The quantitative estimate of drug-likeness (QED) is 0.763. The van der Waals surface area contributed by atoms with E-state index in [0.29, 0.717) is 26.2 Å². The summed E-state index contributed by atoms with van der Waals surface area (Å²) in [7, 11) is 1.70. The lowest BCUT2D eigenvalue weighted by Gasteiger charge is -2.06. The predicted octanol–water partition coefficient (Wildman–Crippen LogP) is 3.67. The van der Waals surface area contributed by atoms with Crippen LogP contribution in [-0.4, -0.2) is 28.0 Å². The first-order valence-electron chi connectivity index (χ1n) is 6.05. The van der Waals surface area contributed by atoms with Gasteiger partial charge in [-0.3, -0.25) is 14.7 Å². The lowest BCUT2D eigenvalue weighted by molar-refractivity contribution is -0.121. The van der Waals surface area contributed by atoms with Crippen molar-refractivity contribution in [2.75, 3.05) is 7.05 Å². The highest BCUT2D eigenvalue weighted by molar-refractivity contribution is 9.10. The normalized spacial score (nSPS) is 19.0. The summed E-state index contributed by atoms with van der Waals surface area (Å²) < 4.78 is 6.02. The van der Waals surface area contributed by atoms with Crippen LogP contribution in [0.3, 0.4) is 0 Å². The first-order valence-corrected chi connectivity index (χ1v) is 7.66. The molecule has 0 bridgehead atoms. The number of pyridine rings is 1. The van der Waals surface area contributed by atoms with Gasteiger partial charge in [0.05, 0.1) is 16.8 Å². The topological polar surface area (TPSA) is 58.7 Å². The Bertz CT molecular complexity index is 740. The van der Waals surface area contributed by atoms with Crippen molar-refractivity contribution in [3.05, 3.63) is 52.0 Å². The van der Waals surface area contributed by atoms with E-state index in [-0.39, 0.29) is 5.91 Å². The molecule has 0 N–H and O–H groups in total. The molecule has 0 saturated carbocycles. The van der Waals surface area contributed by atoms with Gasteiger partial charge in [-0.15, -0.1) is 0 Å². The molecule has 3 heterocycles. The van der Waals surface area contributed by atoms with E-state index in [0.717, 1.165) is 0 Å². The van der Waals surface area contributed by atoms with Crippen molar-refractivity contribution < 1.29 is 9.21 Å². The number of thioether (sulfide) groups is 1. The number of furan rings is 1. The number of halogens is 1. The summed E-state index contributed by atoms with van der Waals surface area (Å²) in [5, 5.41) is 0.616. The third-order valence-electron chi connectivity index (χ3n) is 2.74. The number of hydrogen-bond donors (Lipinski definition) is 0. The molecular weight excluding hydrogens is 354 g/mol. The summed E-state index contributed by atoms with van der Waals surface area (Å²) in [6, 6.07) is 7.22. The van der Waals surface area contributed by atoms with Gasteiger partial charge in [-0.2, -0.15) is 0 Å². The van der Waals surface area contributed by atoms with Crippen molar-refractivity contribution in [2.24, 2.45) is 4.99 Å². The maximum Gasteiger partial charge on any atom is 0.266 e. The second-order valence-corrected chi connectivity index (χ2v) is 6.01. The molecule has 0 unspecified atom stereocenters. The highest BCUT2D eigenvalue weighted by atomic mass is 79.9. The summed E-state index contributed by atoms with van der Waals surface area (Å²) in [4.78, 5) is 22.7. The molecule has 1 saturated heterocycles. The predicted molar refractivity (Wildman–Crippen MR) is 86.1 cm³/mol. The number of amidine groups is 1. The summed E-state index contributed by atoms with van der Waals surface area (Å²) in [6.07, 6.45) is 5.04. The fourth-order valence-electron chi connectivity index (χ4n) is 1.72. The highest BCUT2D eigenvalue weighted by Crippen LogP contribution is 2.33. The Morgan fingerprint density at radius 2 is 2.29 bits per heavy atom. The van der Waals surface area contributed by atoms with Crippen LogP contribution >= 0.6 is 27.7 Å². The maximum absolute atomic E-state index is 12.2. The van der Waals surface area contributed by atoms with Crippen LogP contribution < -0.4 is 0 Å². The Morgan fingerprint density at radius 3 is 2.95 bits per heavy atom. The molecule has 3 rings (SSSR count). The molecule has 1 aliphatic heterocycles. The fraction of sp³-hybridized carbons (Fsp3) is 0.0714. The Morgan fingerprint density at radius 1 is 1.43 bits per heavy atom. The SMILES string of the molecule is CN1C(=O)/C(=C\c2ccc(Br)o2)SC1=Nc1cccnc1. The molecule has 2 aromatic heterocycles. The van der Waals surface area contributed by atoms with Crippen LogP contribution in [0.2, 0.25) is 0 Å². The van der Waals surface area contributed by atoms with Gasteiger partial charge in [-0.1, -0.05) is 0 Å². The van der Waals surface area contributed by atoms with Gasteiger partial charge in [0.2, 0.25) is 0 Å². The van der Waals surface area contributed by atoms with Gasteiger partial charge >= 0.3 is 0 Å². The van der Waals surface area contributed by atoms with Gasteiger partial charge in [-0.25, -0.2) is 4.99 Å². The smallest absolute Gasteiger partial charge is 0.266 e. The van der Waals surface area contributed by atoms with Gasteiger partial charge in [0, 0.05) is 19.3 Å². The molecular formula is C14H10BrN3O2S. The molecule has 1 aliphatic rings. The van der Waals surface area contributed by atoms with E-state index in [1.807, 2.05) is 6.07 Å². The second kappa shape index (κ2) is 5.87. The largest absolute Gasteiger partial charge is 0.450 e. The Hall–Kier alpha value is -1.86. The monoisotopic (exact) mass is 363 g/mol. The number of amides is 1. The van der Waals surface area contributed by atoms with Crippen LogP contribution in [-0.2, 0) is 4.79 Å². The lowest BCUT2D eigenvalue weighted by atomic mass is 10.4. The first kappa shape index (κ1) is 14.1. The average molecular weight is 364 g/mol. The second-order valence-electron chi connectivity index (χ2n) is 4.22. The minimum Gasteiger partial charge on any atom is -0.450 e. The number of likely N-dealkylation sites (N-methyl/N-ethyl adjacent to an activating group) is 1. The Kier molecular flexibility index (Phi) is 3.94. The van der Waals surface area contributed by atoms with E-state index < -0.39 is 0 Å². The number of carbonyl (C=O) groups is 1. The molecule has 2 aromatic rings. The van der Waals surface area contributed by atoms with Crippen molar-refractivity contribution in [3.8, 4) is 0 Å². The summed E-state index contributed by atoms with van der Waals surface area (Å²) in [6.45, 7) is 0. The van der Waals surface area contributed by atoms with Crippen molar-refractivity contribution in [1.82, 2.24) is 9.88 Å². The van der Waals surface area contributed by atoms with Crippen LogP contribution in [0.1, 0.15) is 5.76 Å². The summed E-state index contributed by atoms with van der Waals surface area (Å²) >= 11 is 4.55. The minimum atomic E-state index is -0.102. The van der Waals surface area contributed by atoms with Gasteiger partial charge in [0.25, 0.3) is 5.91 Å². The molecule has 106 valence electrons. The lowest BCUT2D eigenvalue weighted by Crippen LogP contribution is -2.23. The standard InChI is InChI=1S/C14H10BrN3O2S/c1-18-13(19)11(7-10-4-5-12(15)20-10)21-14(18)17-9-3-2-6-16-8-9/h2-8H,1H3/b11-7+,17-14?. The molecule has 21 heavy (non-hydrogen) atoms. The average Bonchev–Trinajstić information content (AvgIpc) is 3.00. The number of rotatable bonds is 2. The van der Waals surface area contributed by atoms with Crippen molar-refractivity contribution in [2.45, 2.75) is 0 Å². The van der Waals surface area contributed by atoms with Crippen LogP contribution in [0, 0.1) is 0 Å². The van der Waals surface area contributed by atoms with Gasteiger partial charge in [0.15, 0.2) is 9.84 Å². The molecule has 0 aliphatic carbocycles. The third kappa shape index (κ3) is 3.08. The number of hydrogen-bond acceptors (Lipinski definition) is 5. The Balaban J connectivity index is 1.89. The number of carbonyl (C=O) groups excluding carboxylic acids is 1. The van der Waals surface area contributed by atoms with E-state index in [2.05, 4.69) is 25.9 Å². The molecule has 0 atom stereocenters. The van der Waals surface area contributed by atoms with Crippen molar-refractivity contribution in [1.29, 1.82) is 0 Å². The fourth-order valence-corrected chi connectivity index (χ4v) is 3.00. The van der Waals surface area contributed by atoms with Crippen LogP contribution in [0.5, 0.6) is 0 Å². The number of nitrogens with zero attached hydrogens (tertiary/aromatic N) is 3. The molecule has 1 fully saturated rings. The third-order valence-corrected chi connectivity index (χ3v) is 4.23. The molecule has 1 amide bonds. The zero-order valence-corrected chi connectivity index (χ0v) is 13.4. The maximum atomic E-state index is 12.2. The molecule has 0 spiro atoms. The molecule has 7 heteroatoms. The number of aliphatic imine (C=N–C) groups is 1. The van der Waals surface area contributed by atoms with Gasteiger partial charge in [0.1, 0.15) is 5.76 Å². The zero-order valence-electron chi connectivity index (χ0n) is 11.0. The van der Waals surface area contributed by atoms with Crippen molar-refractivity contribution >= 4 is 50.5 Å². The van der Waals surface area contributed by atoms with Gasteiger partial charge in [-0.05, 0) is 52.0 Å². The van der Waals surface area contributed by atoms with Gasteiger partial charge < -0.3 is 4.42 Å². The van der Waals surface area contributed by atoms with E-state index in [4.69, 9.17) is 4.42 Å². The first-order chi connectivity index (χ1) is 10.1. The minimum absolute atomic E-state index is 0.102. The summed E-state index contributed by atoms with van der Waals surface area (Å²) in [5.74, 6) is 0.518. The molecule has 5 nitrogen and oxygen atoms in total. The van der Waals surface area contributed by atoms with E-state index in [9.17, 15) is 4.79 Å². The van der Waals surface area contributed by atoms with Crippen LogP contribution in [0.15, 0.2) is 55.6 Å². The van der Waals surface area contributed by atoms with Crippen LogP contribution in [0.25, 0.3) is 6.08 Å².